The Bertz CT molecular complexity index is 436. The lowest BCUT2D eigenvalue weighted by Gasteiger charge is -2.34. The molecule has 3 N–H and O–H groups in total. The van der Waals surface area contributed by atoms with Gasteiger partial charge in [-0.2, -0.15) is 0 Å². The maximum absolute atomic E-state index is 10.2. The molecule has 0 spiro atoms. The topological polar surface area (TPSA) is 55.7 Å². The largest absolute Gasteiger partial charge is 0.508 e. The zero-order chi connectivity index (χ0) is 14.5. The summed E-state index contributed by atoms with van der Waals surface area (Å²) < 4.78 is 0. The molecule has 112 valence electrons. The van der Waals surface area contributed by atoms with Crippen molar-refractivity contribution < 1.29 is 10.2 Å². The molecule has 0 amide bonds. The summed E-state index contributed by atoms with van der Waals surface area (Å²) in [6.45, 7) is 7.12. The molecule has 1 aliphatic rings. The number of nitrogens with one attached hydrogen (secondary N) is 1. The summed E-state index contributed by atoms with van der Waals surface area (Å²) in [5.74, 6) is 0.702. The molecular weight excluding hydrogens is 252 g/mol. The third-order valence-electron chi connectivity index (χ3n) is 4.13. The molecule has 1 aromatic carbocycles. The SMILES string of the molecule is CCNC(C)c1ccc(N2CCCC(CO)C2)cc1O. The van der Waals surface area contributed by atoms with Gasteiger partial charge in [0, 0.05) is 43.1 Å². The van der Waals surface area contributed by atoms with E-state index in [9.17, 15) is 10.2 Å². The Hall–Kier alpha value is -1.26. The van der Waals surface area contributed by atoms with Crippen LogP contribution in [0.25, 0.3) is 0 Å². The summed E-state index contributed by atoms with van der Waals surface area (Å²) in [5.41, 5.74) is 1.99. The van der Waals surface area contributed by atoms with E-state index in [1.165, 1.54) is 0 Å². The minimum Gasteiger partial charge on any atom is -0.508 e. The number of aliphatic hydroxyl groups excluding tert-OH is 1. The van der Waals surface area contributed by atoms with Crippen LogP contribution in [0.5, 0.6) is 5.75 Å². The smallest absolute Gasteiger partial charge is 0.122 e. The predicted molar refractivity (Wildman–Crippen MR) is 82.2 cm³/mol. The lowest BCUT2D eigenvalue weighted by molar-refractivity contribution is 0.208. The Kier molecular flexibility index (Phi) is 5.26. The van der Waals surface area contributed by atoms with Crippen LogP contribution in [0.2, 0.25) is 0 Å². The fraction of sp³-hybridized carbons (Fsp3) is 0.625. The van der Waals surface area contributed by atoms with Crippen molar-refractivity contribution in [3.63, 3.8) is 0 Å². The number of hydrogen-bond donors (Lipinski definition) is 3. The first-order chi connectivity index (χ1) is 9.65. The maximum Gasteiger partial charge on any atom is 0.122 e. The summed E-state index contributed by atoms with van der Waals surface area (Å²) in [6, 6.07) is 6.08. The van der Waals surface area contributed by atoms with Crippen LogP contribution < -0.4 is 10.2 Å². The van der Waals surface area contributed by atoms with E-state index < -0.39 is 0 Å². The molecule has 20 heavy (non-hydrogen) atoms. The van der Waals surface area contributed by atoms with Gasteiger partial charge in [0.05, 0.1) is 0 Å². The number of piperidine rings is 1. The van der Waals surface area contributed by atoms with Crippen LogP contribution in [0.4, 0.5) is 5.69 Å². The van der Waals surface area contributed by atoms with Gasteiger partial charge in [0.1, 0.15) is 5.75 Å². The first-order valence-electron chi connectivity index (χ1n) is 7.57. The van der Waals surface area contributed by atoms with Gasteiger partial charge in [-0.3, -0.25) is 0 Å². The molecule has 4 heteroatoms. The van der Waals surface area contributed by atoms with E-state index in [1.807, 2.05) is 12.1 Å². The fourth-order valence-electron chi connectivity index (χ4n) is 2.96. The van der Waals surface area contributed by atoms with E-state index in [2.05, 4.69) is 30.1 Å². The minimum atomic E-state index is 0.153. The van der Waals surface area contributed by atoms with Crippen LogP contribution in [0.1, 0.15) is 38.3 Å². The minimum absolute atomic E-state index is 0.153. The molecular formula is C16H26N2O2. The summed E-state index contributed by atoms with van der Waals surface area (Å²) >= 11 is 0. The Balaban J connectivity index is 2.12. The molecule has 1 heterocycles. The van der Waals surface area contributed by atoms with E-state index in [0.29, 0.717) is 11.7 Å². The maximum atomic E-state index is 10.2. The second kappa shape index (κ2) is 6.95. The molecule has 4 nitrogen and oxygen atoms in total. The van der Waals surface area contributed by atoms with E-state index in [0.717, 1.165) is 43.7 Å². The van der Waals surface area contributed by atoms with Crippen LogP contribution in [-0.4, -0.2) is 36.5 Å². The molecule has 2 rings (SSSR count). The zero-order valence-corrected chi connectivity index (χ0v) is 12.5. The van der Waals surface area contributed by atoms with Gasteiger partial charge < -0.3 is 20.4 Å². The highest BCUT2D eigenvalue weighted by Gasteiger charge is 2.20. The van der Waals surface area contributed by atoms with Crippen LogP contribution >= 0.6 is 0 Å². The normalized spacial score (nSPS) is 20.9. The summed E-state index contributed by atoms with van der Waals surface area (Å²) in [6.07, 6.45) is 2.19. The number of aromatic hydroxyl groups is 1. The summed E-state index contributed by atoms with van der Waals surface area (Å²) in [5, 5.41) is 22.8. The number of rotatable bonds is 5. The second-order valence-corrected chi connectivity index (χ2v) is 5.66. The number of phenols is 1. The Morgan fingerprint density at radius 3 is 2.90 bits per heavy atom. The van der Waals surface area contributed by atoms with Gasteiger partial charge >= 0.3 is 0 Å². The average molecular weight is 278 g/mol. The van der Waals surface area contributed by atoms with Crippen molar-refractivity contribution in [2.24, 2.45) is 5.92 Å². The first kappa shape index (κ1) is 15.1. The van der Waals surface area contributed by atoms with Crippen LogP contribution in [0.15, 0.2) is 18.2 Å². The molecule has 0 aromatic heterocycles. The van der Waals surface area contributed by atoms with E-state index >= 15 is 0 Å². The molecule has 0 aliphatic carbocycles. The van der Waals surface area contributed by atoms with Crippen molar-refractivity contribution in [1.29, 1.82) is 0 Å². The van der Waals surface area contributed by atoms with Gasteiger partial charge in [-0.05, 0) is 38.3 Å². The van der Waals surface area contributed by atoms with Crippen LogP contribution in [0, 0.1) is 5.92 Å². The van der Waals surface area contributed by atoms with Crippen molar-refractivity contribution >= 4 is 5.69 Å². The lowest BCUT2D eigenvalue weighted by atomic mass is 9.98. The molecule has 0 bridgehead atoms. The fourth-order valence-corrected chi connectivity index (χ4v) is 2.96. The van der Waals surface area contributed by atoms with Crippen molar-refractivity contribution in [2.75, 3.05) is 31.1 Å². The molecule has 2 atom stereocenters. The molecule has 1 aliphatic heterocycles. The highest BCUT2D eigenvalue weighted by molar-refractivity contribution is 5.54. The molecule has 2 unspecified atom stereocenters. The van der Waals surface area contributed by atoms with Gasteiger partial charge in [-0.15, -0.1) is 0 Å². The highest BCUT2D eigenvalue weighted by atomic mass is 16.3. The Morgan fingerprint density at radius 2 is 2.25 bits per heavy atom. The summed E-state index contributed by atoms with van der Waals surface area (Å²) in [7, 11) is 0. The Labute approximate surface area is 121 Å². The van der Waals surface area contributed by atoms with Crippen molar-refractivity contribution in [3.8, 4) is 5.75 Å². The number of nitrogens with zero attached hydrogens (tertiary/aromatic N) is 1. The Morgan fingerprint density at radius 1 is 1.45 bits per heavy atom. The molecule has 0 radical (unpaired) electrons. The monoisotopic (exact) mass is 278 g/mol. The van der Waals surface area contributed by atoms with Crippen LogP contribution in [-0.2, 0) is 0 Å². The highest BCUT2D eigenvalue weighted by Crippen LogP contribution is 2.31. The quantitative estimate of drug-likeness (QED) is 0.773. The van der Waals surface area contributed by atoms with Crippen molar-refractivity contribution in [2.45, 2.75) is 32.7 Å². The van der Waals surface area contributed by atoms with E-state index in [1.54, 1.807) is 0 Å². The van der Waals surface area contributed by atoms with Crippen molar-refractivity contribution in [1.82, 2.24) is 5.32 Å². The third kappa shape index (κ3) is 3.44. The average Bonchev–Trinajstić information content (AvgIpc) is 2.47. The molecule has 1 saturated heterocycles. The zero-order valence-electron chi connectivity index (χ0n) is 12.5. The lowest BCUT2D eigenvalue weighted by Crippen LogP contribution is -2.36. The van der Waals surface area contributed by atoms with Gasteiger partial charge in [0.2, 0.25) is 0 Å². The number of phenolic OH excluding ortho intramolecular Hbond substituents is 1. The van der Waals surface area contributed by atoms with Gasteiger partial charge in [-0.1, -0.05) is 13.0 Å². The number of aliphatic hydroxyl groups is 1. The number of benzene rings is 1. The van der Waals surface area contributed by atoms with E-state index in [-0.39, 0.29) is 12.6 Å². The number of hydrogen-bond acceptors (Lipinski definition) is 4. The summed E-state index contributed by atoms with van der Waals surface area (Å²) in [4.78, 5) is 2.26. The second-order valence-electron chi connectivity index (χ2n) is 5.66. The predicted octanol–water partition coefficient (Wildman–Crippen LogP) is 2.27. The first-order valence-corrected chi connectivity index (χ1v) is 7.57. The third-order valence-corrected chi connectivity index (χ3v) is 4.13. The molecule has 1 aromatic rings. The number of anilines is 1. The van der Waals surface area contributed by atoms with Gasteiger partial charge in [0.15, 0.2) is 0 Å². The van der Waals surface area contributed by atoms with Crippen LogP contribution in [0.3, 0.4) is 0 Å². The van der Waals surface area contributed by atoms with E-state index in [4.69, 9.17) is 0 Å². The standard InChI is InChI=1S/C16H26N2O2/c1-3-17-12(2)15-7-6-14(9-16(15)20)18-8-4-5-13(10-18)11-19/h6-7,9,12-13,17,19-20H,3-5,8,10-11H2,1-2H3. The van der Waals surface area contributed by atoms with Gasteiger partial charge in [-0.25, -0.2) is 0 Å². The molecule has 0 saturated carbocycles. The molecule has 1 fully saturated rings. The van der Waals surface area contributed by atoms with Crippen molar-refractivity contribution in [3.05, 3.63) is 23.8 Å². The van der Waals surface area contributed by atoms with Gasteiger partial charge in [0.25, 0.3) is 0 Å².